The molecule has 12 nitrogen and oxygen atoms in total. The van der Waals surface area contributed by atoms with Gasteiger partial charge < -0.3 is 32.2 Å². The molecule has 0 amide bonds. The van der Waals surface area contributed by atoms with E-state index in [4.69, 9.17) is 48.8 Å². The lowest BCUT2D eigenvalue weighted by atomic mass is 10.0. The van der Waals surface area contributed by atoms with E-state index in [-0.39, 0.29) is 36.3 Å². The van der Waals surface area contributed by atoms with Gasteiger partial charge in [-0.15, -0.1) is 0 Å². The summed E-state index contributed by atoms with van der Waals surface area (Å²) in [5, 5.41) is 0.887. The number of ether oxygens (including phenoxy) is 4. The molecule has 0 aliphatic rings. The second-order valence-corrected chi connectivity index (χ2v) is 30.3. The molecule has 16 heteroatoms. The zero-order chi connectivity index (χ0) is 49.0. The van der Waals surface area contributed by atoms with Crippen molar-refractivity contribution >= 4 is 61.2 Å². The minimum absolute atomic E-state index is 0.0308. The molecule has 0 bridgehead atoms. The number of benzene rings is 3. The number of fused-ring (bicyclic) bond motifs is 1. The average Bonchev–Trinajstić information content (AvgIpc) is 3.61. The van der Waals surface area contributed by atoms with Crippen LogP contribution in [0.5, 0.6) is 28.9 Å². The largest absolute Gasteiger partial charge is 0.543 e. The summed E-state index contributed by atoms with van der Waals surface area (Å²) in [5.74, 6) is 2.50. The maximum atomic E-state index is 14.1. The number of carbonyl (C=O) groups excluding carboxylic acids is 1. The third-order valence-electron chi connectivity index (χ3n) is 12.9. The predicted octanol–water partition coefficient (Wildman–Crippen LogP) is 14.2. The van der Waals surface area contributed by atoms with Gasteiger partial charge >= 0.3 is 5.97 Å². The first-order chi connectivity index (χ1) is 31.6. The van der Waals surface area contributed by atoms with Crippen LogP contribution in [-0.4, -0.2) is 62.4 Å². The number of esters is 1. The Morgan fingerprint density at radius 2 is 1.55 bits per heavy atom. The highest BCUT2D eigenvalue weighted by molar-refractivity contribution is 9.10. The number of rotatable bonds is 19. The topological polar surface area (TPSA) is 137 Å². The van der Waals surface area contributed by atoms with Crippen LogP contribution in [0.25, 0.3) is 33.6 Å². The van der Waals surface area contributed by atoms with E-state index < -0.39 is 28.7 Å². The van der Waals surface area contributed by atoms with Crippen LogP contribution < -0.4 is 23.1 Å². The minimum Gasteiger partial charge on any atom is -0.543 e. The van der Waals surface area contributed by atoms with Crippen molar-refractivity contribution in [3.8, 4) is 51.4 Å². The number of furan rings is 1. The van der Waals surface area contributed by atoms with Gasteiger partial charge in [-0.2, -0.15) is 0 Å². The fourth-order valence-electron chi connectivity index (χ4n) is 8.46. The number of para-hydroxylation sites is 1. The molecule has 3 aromatic heterocycles. The summed E-state index contributed by atoms with van der Waals surface area (Å²) in [6.07, 6.45) is 1.87. The Balaban J connectivity index is 1.40. The van der Waals surface area contributed by atoms with Crippen LogP contribution in [0.4, 0.5) is 0 Å². The molecule has 0 radical (unpaired) electrons. The lowest BCUT2D eigenvalue weighted by molar-refractivity contribution is -0.151. The summed E-state index contributed by atoms with van der Waals surface area (Å²) in [7, 11) is -3.00. The number of nitrogens with zero attached hydrogens (tertiary/aromatic N) is 4. The molecule has 358 valence electrons. The van der Waals surface area contributed by atoms with E-state index in [0.717, 1.165) is 16.7 Å². The van der Waals surface area contributed by atoms with E-state index in [9.17, 15) is 4.79 Å². The number of hydrogen-bond donors (Lipinski definition) is 0. The van der Waals surface area contributed by atoms with E-state index in [1.807, 2.05) is 61.5 Å². The molecule has 0 saturated heterocycles. The molecular formula is C51H64BrClN4O8Si2. The van der Waals surface area contributed by atoms with Crippen molar-refractivity contribution in [1.82, 2.24) is 19.9 Å². The van der Waals surface area contributed by atoms with Crippen LogP contribution in [0.15, 0.2) is 82.3 Å². The first kappa shape index (κ1) is 51.4. The normalized spacial score (nSPS) is 12.8. The molecule has 0 N–H and O–H groups in total. The number of halogens is 2. The quantitative estimate of drug-likeness (QED) is 0.0564. The highest BCUT2D eigenvalue weighted by Crippen LogP contribution is 2.49. The van der Waals surface area contributed by atoms with Crippen LogP contribution in [0.3, 0.4) is 0 Å². The molecule has 0 spiro atoms. The van der Waals surface area contributed by atoms with E-state index in [1.165, 1.54) is 6.33 Å². The average molecular weight is 1030 g/mol. The molecule has 0 aliphatic heterocycles. The van der Waals surface area contributed by atoms with Crippen LogP contribution in [0.1, 0.15) is 86.1 Å². The van der Waals surface area contributed by atoms with E-state index in [1.54, 1.807) is 26.3 Å². The lowest BCUT2D eigenvalue weighted by Crippen LogP contribution is -2.50. The van der Waals surface area contributed by atoms with Crippen molar-refractivity contribution < 1.29 is 37.0 Å². The summed E-state index contributed by atoms with van der Waals surface area (Å²) in [6.45, 7) is 28.3. The van der Waals surface area contributed by atoms with Crippen LogP contribution in [0.2, 0.25) is 39.8 Å². The molecule has 0 aliphatic carbocycles. The van der Waals surface area contributed by atoms with Crippen LogP contribution in [0, 0.1) is 6.92 Å². The van der Waals surface area contributed by atoms with Gasteiger partial charge in [0.1, 0.15) is 41.3 Å². The van der Waals surface area contributed by atoms with Crippen LogP contribution >= 0.6 is 27.5 Å². The molecule has 0 unspecified atom stereocenters. The Labute approximate surface area is 410 Å². The summed E-state index contributed by atoms with van der Waals surface area (Å²) in [6, 6.07) is 18.9. The lowest BCUT2D eigenvalue weighted by Gasteiger charge is -2.42. The van der Waals surface area contributed by atoms with E-state index in [0.29, 0.717) is 77.3 Å². The number of methoxy groups -OCH3 is 1. The van der Waals surface area contributed by atoms with Gasteiger partial charge in [0.2, 0.25) is 26.0 Å². The molecule has 1 atom stereocenters. The van der Waals surface area contributed by atoms with Gasteiger partial charge in [-0.3, -0.25) is 0 Å². The summed E-state index contributed by atoms with van der Waals surface area (Å²) < 4.78 is 44.8. The van der Waals surface area contributed by atoms with Crippen molar-refractivity contribution in [1.29, 1.82) is 0 Å². The first-order valence-corrected chi connectivity index (χ1v) is 29.0. The zero-order valence-corrected chi connectivity index (χ0v) is 45.5. The molecule has 6 aromatic rings. The summed E-state index contributed by atoms with van der Waals surface area (Å²) >= 11 is 10.9. The molecule has 67 heavy (non-hydrogen) atoms. The van der Waals surface area contributed by atoms with Gasteiger partial charge in [0.25, 0.3) is 8.32 Å². The van der Waals surface area contributed by atoms with Crippen molar-refractivity contribution in [2.24, 2.45) is 0 Å². The van der Waals surface area contributed by atoms with Crippen molar-refractivity contribution in [2.75, 3.05) is 13.7 Å². The standard InChI is InChI=1S/C51H64BrClN4O8Si2/c1-15-60-50(58)42(62-48-44-43(46(52)63-49(44)56-29-55-48)37-21-23-41(45(53)33(37)8)65-67(30(2)3,31(4)5)32(6)7)27-34-26-36(64-66(13,14)51(9,10)11)20-22-39(34)61-28-35-24-25-54-47(57-35)38-18-16-17-19-40(38)59-12/h16-26,29-32,42H,15,27-28H2,1-14H3/t42-/m1/s1. The Hall–Kier alpha value is -4.97. The zero-order valence-electron chi connectivity index (χ0n) is 41.2. The molecule has 0 saturated carbocycles. The van der Waals surface area contributed by atoms with Gasteiger partial charge in [-0.1, -0.05) is 92.1 Å². The third-order valence-corrected chi connectivity index (χ3v) is 24.3. The van der Waals surface area contributed by atoms with Gasteiger partial charge in [0, 0.05) is 18.2 Å². The van der Waals surface area contributed by atoms with Gasteiger partial charge in [0.15, 0.2) is 10.5 Å². The van der Waals surface area contributed by atoms with Crippen molar-refractivity contribution in [2.45, 2.75) is 130 Å². The maximum absolute atomic E-state index is 14.1. The number of aromatic nitrogens is 4. The molecule has 3 aromatic carbocycles. The highest BCUT2D eigenvalue weighted by atomic mass is 79.9. The first-order valence-electron chi connectivity index (χ1n) is 22.8. The Morgan fingerprint density at radius 3 is 2.21 bits per heavy atom. The van der Waals surface area contributed by atoms with Crippen molar-refractivity contribution in [3.63, 3.8) is 0 Å². The Morgan fingerprint density at radius 1 is 0.866 bits per heavy atom. The second-order valence-electron chi connectivity index (χ2n) is 19.1. The number of carbonyl (C=O) groups is 1. The summed E-state index contributed by atoms with van der Waals surface area (Å²) in [5.41, 5.74) is 5.50. The minimum atomic E-state index is -2.33. The molecule has 0 fully saturated rings. The molecule has 3 heterocycles. The number of hydrogen-bond acceptors (Lipinski definition) is 12. The summed E-state index contributed by atoms with van der Waals surface area (Å²) in [4.78, 5) is 32.4. The fraction of sp³-hybridized carbons (Fsp3) is 0.431. The maximum Gasteiger partial charge on any atom is 0.347 e. The third kappa shape index (κ3) is 11.0. The predicted molar refractivity (Wildman–Crippen MR) is 274 cm³/mol. The smallest absolute Gasteiger partial charge is 0.347 e. The van der Waals surface area contributed by atoms with E-state index in [2.05, 4.69) is 106 Å². The second kappa shape index (κ2) is 21.1. The Bertz CT molecular complexity index is 2680. The SMILES string of the molecule is CCOC(=O)[C@@H](Cc1cc(O[Si](C)(C)C(C)(C)C)ccc1OCc1ccnc(-c2ccccc2OC)n1)Oc1ncnc2oc(Br)c(-c3ccc(O[Si](C(C)C)(C(C)C)C(C)C)c(Cl)c3C)c12. The van der Waals surface area contributed by atoms with Crippen molar-refractivity contribution in [3.05, 3.63) is 99.7 Å². The molecule has 6 rings (SSSR count). The Kier molecular flexibility index (Phi) is 16.2. The van der Waals surface area contributed by atoms with Crippen LogP contribution in [-0.2, 0) is 22.6 Å². The fourth-order valence-corrected chi connectivity index (χ4v) is 15.6. The monoisotopic (exact) mass is 1030 g/mol. The van der Waals surface area contributed by atoms with E-state index >= 15 is 0 Å². The molecular weight excluding hydrogens is 968 g/mol. The van der Waals surface area contributed by atoms with Gasteiger partial charge in [-0.25, -0.2) is 24.7 Å². The van der Waals surface area contributed by atoms with Gasteiger partial charge in [0.05, 0.1) is 35.6 Å². The highest BCUT2D eigenvalue weighted by Gasteiger charge is 2.47. The van der Waals surface area contributed by atoms with Gasteiger partial charge in [-0.05, 0) is 118 Å².